The van der Waals surface area contributed by atoms with E-state index in [0.717, 1.165) is 27.8 Å². The van der Waals surface area contributed by atoms with E-state index >= 15 is 0 Å². The molecule has 6 heteroatoms. The lowest BCUT2D eigenvalue weighted by atomic mass is 10.1. The topological polar surface area (TPSA) is 69.0 Å². The van der Waals surface area contributed by atoms with Gasteiger partial charge in [-0.15, -0.1) is 0 Å². The predicted octanol–water partition coefficient (Wildman–Crippen LogP) is 3.19. The van der Waals surface area contributed by atoms with Gasteiger partial charge >= 0.3 is 0 Å². The molecule has 1 unspecified atom stereocenters. The molecular weight excluding hydrogens is 328 g/mol. The maximum absolute atomic E-state index is 11.4. The molecular formula is C20H22N4O2. The molecule has 6 nitrogen and oxygen atoms in total. The summed E-state index contributed by atoms with van der Waals surface area (Å²) in [6.45, 7) is 5.39. The number of aromatic nitrogens is 3. The Morgan fingerprint density at radius 1 is 1.35 bits per heavy atom. The van der Waals surface area contributed by atoms with E-state index in [1.165, 1.54) is 0 Å². The minimum atomic E-state index is 0.0972. The van der Waals surface area contributed by atoms with Crippen molar-refractivity contribution >= 4 is 16.8 Å². The summed E-state index contributed by atoms with van der Waals surface area (Å²) in [5, 5.41) is 8.26. The first-order valence-electron chi connectivity index (χ1n) is 8.93. The molecule has 1 aliphatic rings. The summed E-state index contributed by atoms with van der Waals surface area (Å²) < 4.78 is 8.05. The van der Waals surface area contributed by atoms with Gasteiger partial charge in [-0.05, 0) is 43.7 Å². The molecule has 1 aromatic carbocycles. The van der Waals surface area contributed by atoms with E-state index in [0.29, 0.717) is 25.6 Å². The minimum Gasteiger partial charge on any atom is -0.492 e. The number of pyridine rings is 1. The van der Waals surface area contributed by atoms with Crippen molar-refractivity contribution in [3.05, 3.63) is 42.9 Å². The largest absolute Gasteiger partial charge is 0.492 e. The van der Waals surface area contributed by atoms with Gasteiger partial charge in [-0.1, -0.05) is 0 Å². The second-order valence-electron chi connectivity index (χ2n) is 7.03. The maximum Gasteiger partial charge on any atom is 0.220 e. The second kappa shape index (κ2) is 6.78. The van der Waals surface area contributed by atoms with Crippen LogP contribution in [0, 0.1) is 5.92 Å². The molecule has 0 saturated carbocycles. The Morgan fingerprint density at radius 2 is 2.23 bits per heavy atom. The lowest BCUT2D eigenvalue weighted by molar-refractivity contribution is -0.119. The van der Waals surface area contributed by atoms with Crippen LogP contribution in [-0.2, 0) is 4.79 Å². The smallest absolute Gasteiger partial charge is 0.220 e. The Hall–Kier alpha value is -2.89. The van der Waals surface area contributed by atoms with Crippen molar-refractivity contribution in [3.8, 4) is 16.9 Å². The number of fused-ring (bicyclic) bond motifs is 1. The number of hydrogen-bond donors (Lipinski definition) is 1. The molecule has 2 aromatic heterocycles. The van der Waals surface area contributed by atoms with E-state index in [2.05, 4.69) is 35.3 Å². The molecule has 4 rings (SSSR count). The van der Waals surface area contributed by atoms with Crippen molar-refractivity contribution in [2.24, 2.45) is 5.92 Å². The summed E-state index contributed by atoms with van der Waals surface area (Å²) in [6.07, 6.45) is 6.22. The molecule has 0 aliphatic carbocycles. The van der Waals surface area contributed by atoms with Gasteiger partial charge in [0.1, 0.15) is 5.75 Å². The summed E-state index contributed by atoms with van der Waals surface area (Å²) in [6, 6.07) is 8.33. The number of carbonyl (C=O) groups is 1. The minimum absolute atomic E-state index is 0.0972. The monoisotopic (exact) mass is 350 g/mol. The molecule has 26 heavy (non-hydrogen) atoms. The van der Waals surface area contributed by atoms with Gasteiger partial charge in [-0.3, -0.25) is 14.5 Å². The first-order chi connectivity index (χ1) is 12.6. The van der Waals surface area contributed by atoms with E-state index in [4.69, 9.17) is 4.74 Å². The number of ether oxygens (including phenoxy) is 1. The molecule has 1 aliphatic heterocycles. The Morgan fingerprint density at radius 3 is 2.96 bits per heavy atom. The zero-order chi connectivity index (χ0) is 18.1. The van der Waals surface area contributed by atoms with E-state index in [9.17, 15) is 4.79 Å². The maximum atomic E-state index is 11.4. The number of amides is 1. The average molecular weight is 350 g/mol. The molecule has 1 fully saturated rings. The van der Waals surface area contributed by atoms with Gasteiger partial charge in [0.05, 0.1) is 18.3 Å². The summed E-state index contributed by atoms with van der Waals surface area (Å²) in [5.41, 5.74) is 2.95. The fraction of sp³-hybridized carbons (Fsp3) is 0.350. The molecule has 0 bridgehead atoms. The van der Waals surface area contributed by atoms with E-state index in [-0.39, 0.29) is 11.8 Å². The van der Waals surface area contributed by atoms with Gasteiger partial charge in [0.25, 0.3) is 0 Å². The molecule has 0 spiro atoms. The van der Waals surface area contributed by atoms with Gasteiger partial charge in [-0.25, -0.2) is 0 Å². The van der Waals surface area contributed by atoms with E-state index in [1.807, 2.05) is 35.3 Å². The molecule has 0 radical (unpaired) electrons. The summed E-state index contributed by atoms with van der Waals surface area (Å²) in [5.74, 6) is 1.10. The molecule has 3 heterocycles. The van der Waals surface area contributed by atoms with Crippen LogP contribution in [0.15, 0.2) is 42.9 Å². The lowest BCUT2D eigenvalue weighted by Crippen LogP contribution is -2.16. The SMILES string of the molecule is CC(C)n1cc(-c2cc(OCC3CNC(=O)C3)c3cccnc3c2)cn1. The first-order valence-corrected chi connectivity index (χ1v) is 8.93. The van der Waals surface area contributed by atoms with Crippen LogP contribution in [0.5, 0.6) is 5.75 Å². The molecule has 1 N–H and O–H groups in total. The van der Waals surface area contributed by atoms with Crippen LogP contribution in [0.1, 0.15) is 26.3 Å². The number of nitrogens with one attached hydrogen (secondary N) is 1. The van der Waals surface area contributed by atoms with Gasteiger partial charge in [0.15, 0.2) is 0 Å². The zero-order valence-electron chi connectivity index (χ0n) is 15.0. The highest BCUT2D eigenvalue weighted by Crippen LogP contribution is 2.32. The third-order valence-electron chi connectivity index (χ3n) is 4.68. The Labute approximate surface area is 152 Å². The molecule has 1 saturated heterocycles. The number of nitrogens with zero attached hydrogens (tertiary/aromatic N) is 3. The molecule has 1 atom stereocenters. The van der Waals surface area contributed by atoms with Crippen molar-refractivity contribution < 1.29 is 9.53 Å². The highest BCUT2D eigenvalue weighted by Gasteiger charge is 2.22. The van der Waals surface area contributed by atoms with Crippen LogP contribution in [0.25, 0.3) is 22.0 Å². The Balaban J connectivity index is 1.67. The van der Waals surface area contributed by atoms with Crippen LogP contribution in [0.4, 0.5) is 0 Å². The van der Waals surface area contributed by atoms with Crippen molar-refractivity contribution in [2.75, 3.05) is 13.2 Å². The average Bonchev–Trinajstić information content (AvgIpc) is 3.28. The molecule has 134 valence electrons. The third kappa shape index (κ3) is 3.27. The Kier molecular flexibility index (Phi) is 4.32. The van der Waals surface area contributed by atoms with Crippen LogP contribution < -0.4 is 10.1 Å². The number of carbonyl (C=O) groups excluding carboxylic acids is 1. The number of rotatable bonds is 5. The van der Waals surface area contributed by atoms with Gasteiger partial charge in [-0.2, -0.15) is 5.10 Å². The quantitative estimate of drug-likeness (QED) is 0.767. The van der Waals surface area contributed by atoms with Crippen LogP contribution in [0.3, 0.4) is 0 Å². The summed E-state index contributed by atoms with van der Waals surface area (Å²) >= 11 is 0. The lowest BCUT2D eigenvalue weighted by Gasteiger charge is -2.13. The fourth-order valence-electron chi connectivity index (χ4n) is 3.19. The first kappa shape index (κ1) is 16.6. The van der Waals surface area contributed by atoms with Gasteiger partial charge in [0.2, 0.25) is 5.91 Å². The van der Waals surface area contributed by atoms with Crippen LogP contribution >= 0.6 is 0 Å². The van der Waals surface area contributed by atoms with Crippen molar-refractivity contribution in [1.82, 2.24) is 20.1 Å². The van der Waals surface area contributed by atoms with Crippen LogP contribution in [0.2, 0.25) is 0 Å². The summed E-state index contributed by atoms with van der Waals surface area (Å²) in [7, 11) is 0. The highest BCUT2D eigenvalue weighted by molar-refractivity contribution is 5.89. The number of benzene rings is 1. The van der Waals surface area contributed by atoms with E-state index < -0.39 is 0 Å². The van der Waals surface area contributed by atoms with E-state index in [1.54, 1.807) is 6.20 Å². The Bertz CT molecular complexity index is 948. The fourth-order valence-corrected chi connectivity index (χ4v) is 3.19. The number of hydrogen-bond acceptors (Lipinski definition) is 4. The van der Waals surface area contributed by atoms with Gasteiger partial charge in [0, 0.05) is 48.3 Å². The summed E-state index contributed by atoms with van der Waals surface area (Å²) in [4.78, 5) is 15.9. The zero-order valence-corrected chi connectivity index (χ0v) is 15.0. The second-order valence-corrected chi connectivity index (χ2v) is 7.03. The normalized spacial score (nSPS) is 17.0. The molecule has 1 amide bonds. The van der Waals surface area contributed by atoms with Crippen LogP contribution in [-0.4, -0.2) is 33.8 Å². The third-order valence-corrected chi connectivity index (χ3v) is 4.68. The standard InChI is InChI=1S/C20H22N4O2/c1-13(2)24-11-16(10-23-24)15-7-18-17(4-3-5-21-18)19(8-15)26-12-14-6-20(25)22-9-14/h3-5,7-8,10-11,13-14H,6,9,12H2,1-2H3,(H,22,25). The van der Waals surface area contributed by atoms with Crippen molar-refractivity contribution in [2.45, 2.75) is 26.3 Å². The molecule has 3 aromatic rings. The van der Waals surface area contributed by atoms with Gasteiger partial charge < -0.3 is 10.1 Å². The predicted molar refractivity (Wildman–Crippen MR) is 100.0 cm³/mol. The van der Waals surface area contributed by atoms with Crippen molar-refractivity contribution in [1.29, 1.82) is 0 Å². The highest BCUT2D eigenvalue weighted by atomic mass is 16.5. The van der Waals surface area contributed by atoms with Crippen molar-refractivity contribution in [3.63, 3.8) is 0 Å².